The number of aromatic nitrogens is 1. The molecule has 1 aromatic carbocycles. The Morgan fingerprint density at radius 3 is 2.25 bits per heavy atom. The van der Waals surface area contributed by atoms with E-state index in [0.29, 0.717) is 0 Å². The summed E-state index contributed by atoms with van der Waals surface area (Å²) in [6, 6.07) is 1.53. The lowest BCUT2D eigenvalue weighted by atomic mass is 9.94. The second-order valence-electron chi connectivity index (χ2n) is 4.55. The fraction of sp³-hybridized carbons (Fsp3) is 0.0714. The fourth-order valence-electron chi connectivity index (χ4n) is 2.23. The third-order valence-electron chi connectivity index (χ3n) is 3.19. The first kappa shape index (κ1) is 16.9. The van der Waals surface area contributed by atoms with Gasteiger partial charge in [0.25, 0.3) is 5.56 Å². The lowest BCUT2D eigenvalue weighted by Gasteiger charge is -2.14. The SMILES string of the molecule is COc1c(F)ccc(-c2c(C(=O)O)c(N)[nH]c(=O)c2C(=O)O)c1F. The Bertz CT molecular complexity index is 922. The second-order valence-corrected chi connectivity index (χ2v) is 4.55. The van der Waals surface area contributed by atoms with Crippen molar-refractivity contribution in [2.24, 2.45) is 0 Å². The van der Waals surface area contributed by atoms with Crippen LogP contribution < -0.4 is 16.0 Å². The lowest BCUT2D eigenvalue weighted by molar-refractivity contribution is 0.0695. The van der Waals surface area contributed by atoms with Gasteiger partial charge < -0.3 is 25.7 Å². The maximum atomic E-state index is 14.5. The van der Waals surface area contributed by atoms with Crippen LogP contribution in [0.5, 0.6) is 5.75 Å². The van der Waals surface area contributed by atoms with Crippen LogP contribution in [0, 0.1) is 11.6 Å². The second kappa shape index (κ2) is 5.99. The number of hydrogen-bond donors (Lipinski definition) is 4. The summed E-state index contributed by atoms with van der Waals surface area (Å²) in [5.74, 6) is -7.51. The number of anilines is 1. The monoisotopic (exact) mass is 340 g/mol. The zero-order chi connectivity index (χ0) is 18.2. The molecule has 0 saturated heterocycles. The summed E-state index contributed by atoms with van der Waals surface area (Å²) < 4.78 is 32.5. The molecule has 0 spiro atoms. The Morgan fingerprint density at radius 2 is 1.75 bits per heavy atom. The molecule has 0 fully saturated rings. The molecule has 0 aliphatic carbocycles. The van der Waals surface area contributed by atoms with E-state index >= 15 is 0 Å². The molecule has 0 atom stereocenters. The van der Waals surface area contributed by atoms with E-state index in [0.717, 1.165) is 19.2 Å². The highest BCUT2D eigenvalue weighted by molar-refractivity contribution is 6.07. The first-order valence-electron chi connectivity index (χ1n) is 6.25. The molecule has 10 heteroatoms. The number of benzene rings is 1. The molecule has 0 radical (unpaired) electrons. The number of nitrogen functional groups attached to an aromatic ring is 1. The number of hydrogen-bond acceptors (Lipinski definition) is 5. The number of rotatable bonds is 4. The zero-order valence-corrected chi connectivity index (χ0v) is 12.0. The van der Waals surface area contributed by atoms with Gasteiger partial charge in [0.15, 0.2) is 17.4 Å². The normalized spacial score (nSPS) is 10.5. The molecule has 0 bridgehead atoms. The summed E-state index contributed by atoms with van der Waals surface area (Å²) in [4.78, 5) is 36.5. The smallest absolute Gasteiger partial charge is 0.342 e. The number of pyridine rings is 1. The predicted octanol–water partition coefficient (Wildman–Crippen LogP) is 1.31. The quantitative estimate of drug-likeness (QED) is 0.657. The van der Waals surface area contributed by atoms with Crippen LogP contribution in [-0.4, -0.2) is 34.2 Å². The standard InChI is InChI=1S/C14H10F2N2O6/c1-24-10-5(15)3-2-4(9(10)16)6-7(13(20)21)11(17)18-12(19)8(6)14(22)23/h2-3H,1H3,(H,20,21)(H,22,23)(H3,17,18,19). The molecular weight excluding hydrogens is 330 g/mol. The van der Waals surface area contributed by atoms with E-state index in [-0.39, 0.29) is 0 Å². The van der Waals surface area contributed by atoms with Gasteiger partial charge in [0.1, 0.15) is 16.9 Å². The zero-order valence-electron chi connectivity index (χ0n) is 12.0. The average molecular weight is 340 g/mol. The van der Waals surface area contributed by atoms with Gasteiger partial charge in [-0.25, -0.2) is 18.4 Å². The van der Waals surface area contributed by atoms with Crippen molar-refractivity contribution in [1.82, 2.24) is 4.98 Å². The van der Waals surface area contributed by atoms with E-state index in [1.54, 1.807) is 0 Å². The minimum absolute atomic E-state index is 0.652. The summed E-state index contributed by atoms with van der Waals surface area (Å²) in [6.45, 7) is 0. The van der Waals surface area contributed by atoms with Gasteiger partial charge >= 0.3 is 11.9 Å². The van der Waals surface area contributed by atoms with Crippen LogP contribution in [0.3, 0.4) is 0 Å². The van der Waals surface area contributed by atoms with Gasteiger partial charge in [-0.2, -0.15) is 0 Å². The third kappa shape index (κ3) is 2.53. The summed E-state index contributed by atoms with van der Waals surface area (Å²) in [7, 11) is 0.966. The van der Waals surface area contributed by atoms with Crippen molar-refractivity contribution in [1.29, 1.82) is 0 Å². The highest BCUT2D eigenvalue weighted by Gasteiger charge is 2.29. The summed E-state index contributed by atoms with van der Waals surface area (Å²) >= 11 is 0. The number of carboxylic acids is 2. The molecule has 2 aromatic rings. The van der Waals surface area contributed by atoms with Crippen LogP contribution in [0.4, 0.5) is 14.6 Å². The maximum Gasteiger partial charge on any atom is 0.342 e. The molecule has 5 N–H and O–H groups in total. The number of aromatic carboxylic acids is 2. The number of aromatic amines is 1. The van der Waals surface area contributed by atoms with Crippen LogP contribution >= 0.6 is 0 Å². The first-order valence-corrected chi connectivity index (χ1v) is 6.25. The van der Waals surface area contributed by atoms with Crippen LogP contribution in [0.15, 0.2) is 16.9 Å². The van der Waals surface area contributed by atoms with Gasteiger partial charge in [0.05, 0.1) is 7.11 Å². The maximum absolute atomic E-state index is 14.5. The lowest BCUT2D eigenvalue weighted by Crippen LogP contribution is -2.24. The van der Waals surface area contributed by atoms with E-state index in [1.165, 1.54) is 0 Å². The highest BCUT2D eigenvalue weighted by Crippen LogP contribution is 2.35. The molecule has 126 valence electrons. The summed E-state index contributed by atoms with van der Waals surface area (Å²) in [5.41, 5.74) is 0.871. The van der Waals surface area contributed by atoms with Gasteiger partial charge in [-0.15, -0.1) is 0 Å². The topological polar surface area (TPSA) is 143 Å². The van der Waals surface area contributed by atoms with Gasteiger partial charge in [-0.1, -0.05) is 0 Å². The number of halogens is 2. The Labute approximate surface area is 132 Å². The molecule has 0 aliphatic heterocycles. The van der Waals surface area contributed by atoms with Gasteiger partial charge in [-0.05, 0) is 12.1 Å². The molecule has 0 aliphatic rings. The van der Waals surface area contributed by atoms with E-state index in [9.17, 15) is 33.4 Å². The van der Waals surface area contributed by atoms with E-state index in [1.807, 2.05) is 4.98 Å². The Morgan fingerprint density at radius 1 is 1.17 bits per heavy atom. The minimum atomic E-state index is -1.81. The van der Waals surface area contributed by atoms with E-state index < -0.39 is 63.0 Å². The van der Waals surface area contributed by atoms with Crippen molar-refractivity contribution in [3.63, 3.8) is 0 Å². The van der Waals surface area contributed by atoms with Crippen molar-refractivity contribution in [2.75, 3.05) is 12.8 Å². The van der Waals surface area contributed by atoms with Crippen LogP contribution in [0.1, 0.15) is 20.7 Å². The van der Waals surface area contributed by atoms with Gasteiger partial charge in [0, 0.05) is 11.1 Å². The van der Waals surface area contributed by atoms with Crippen LogP contribution in [0.25, 0.3) is 11.1 Å². The number of ether oxygens (including phenoxy) is 1. The van der Waals surface area contributed by atoms with Crippen LogP contribution in [-0.2, 0) is 0 Å². The van der Waals surface area contributed by atoms with E-state index in [2.05, 4.69) is 4.74 Å². The highest BCUT2D eigenvalue weighted by atomic mass is 19.1. The number of carbonyl (C=O) groups is 2. The van der Waals surface area contributed by atoms with Crippen LogP contribution in [0.2, 0.25) is 0 Å². The minimum Gasteiger partial charge on any atom is -0.491 e. The summed E-state index contributed by atoms with van der Waals surface area (Å²) in [6.07, 6.45) is 0. The first-order chi connectivity index (χ1) is 11.2. The largest absolute Gasteiger partial charge is 0.491 e. The van der Waals surface area contributed by atoms with Gasteiger partial charge in [0.2, 0.25) is 0 Å². The summed E-state index contributed by atoms with van der Waals surface area (Å²) in [5, 5.41) is 18.4. The molecule has 0 saturated carbocycles. The van der Waals surface area contributed by atoms with E-state index in [4.69, 9.17) is 5.73 Å². The number of nitrogens with two attached hydrogens (primary N) is 1. The van der Waals surface area contributed by atoms with Crippen molar-refractivity contribution < 1.29 is 33.3 Å². The Hall–Kier alpha value is -3.43. The molecular formula is C14H10F2N2O6. The molecule has 8 nitrogen and oxygen atoms in total. The molecule has 1 heterocycles. The fourth-order valence-corrected chi connectivity index (χ4v) is 2.23. The van der Waals surface area contributed by atoms with Crippen molar-refractivity contribution in [3.8, 4) is 16.9 Å². The Kier molecular flexibility index (Phi) is 4.22. The number of methoxy groups -OCH3 is 1. The van der Waals surface area contributed by atoms with Crippen molar-refractivity contribution in [3.05, 3.63) is 45.2 Å². The number of carboxylic acid groups (broad SMARTS) is 2. The van der Waals surface area contributed by atoms with Crippen molar-refractivity contribution in [2.45, 2.75) is 0 Å². The van der Waals surface area contributed by atoms with Gasteiger partial charge in [-0.3, -0.25) is 4.79 Å². The molecule has 24 heavy (non-hydrogen) atoms. The average Bonchev–Trinajstić information content (AvgIpc) is 2.46. The molecule has 0 unspecified atom stereocenters. The third-order valence-corrected chi connectivity index (χ3v) is 3.19. The van der Waals surface area contributed by atoms with Crippen molar-refractivity contribution >= 4 is 17.8 Å². The molecule has 1 aromatic heterocycles. The molecule has 0 amide bonds. The Balaban J connectivity index is 3.06. The number of nitrogens with one attached hydrogen (secondary N) is 1. The molecule has 2 rings (SSSR count). The number of H-pyrrole nitrogens is 1. The predicted molar refractivity (Wildman–Crippen MR) is 77.3 cm³/mol.